The second kappa shape index (κ2) is 10.5. The van der Waals surface area contributed by atoms with Crippen LogP contribution in [0.4, 0.5) is 14.5 Å². The average molecular weight is 410 g/mol. The van der Waals surface area contributed by atoms with Crippen LogP contribution in [0.25, 0.3) is 0 Å². The van der Waals surface area contributed by atoms with Gasteiger partial charge in [0, 0.05) is 50.2 Å². The van der Waals surface area contributed by atoms with Crippen molar-refractivity contribution in [1.29, 1.82) is 5.41 Å². The van der Waals surface area contributed by atoms with Gasteiger partial charge in [-0.1, -0.05) is 6.92 Å². The largest absolute Gasteiger partial charge is 0.359 e. The highest BCUT2D eigenvalue weighted by atomic mass is 19.2. The third-order valence-electron chi connectivity index (χ3n) is 4.93. The van der Waals surface area contributed by atoms with Crippen LogP contribution in [0.2, 0.25) is 0 Å². The normalized spacial score (nSPS) is 27.6. The van der Waals surface area contributed by atoms with Crippen LogP contribution < -0.4 is 5.32 Å². The van der Waals surface area contributed by atoms with E-state index in [9.17, 15) is 8.78 Å². The van der Waals surface area contributed by atoms with Crippen molar-refractivity contribution in [2.24, 2.45) is 26.1 Å². The lowest BCUT2D eigenvalue weighted by Gasteiger charge is -2.09. The highest BCUT2D eigenvalue weighted by Gasteiger charge is 2.41. The molecule has 0 aromatic heterocycles. The van der Waals surface area contributed by atoms with Crippen molar-refractivity contribution >= 4 is 36.8 Å². The number of benzene rings is 1. The Balaban J connectivity index is 1.81. The molecule has 1 aliphatic heterocycles. The third kappa shape index (κ3) is 5.62. The summed E-state index contributed by atoms with van der Waals surface area (Å²) in [6.45, 7) is 2.52. The molecule has 1 heterocycles. The van der Waals surface area contributed by atoms with Gasteiger partial charge in [-0.05, 0) is 53.5 Å². The summed E-state index contributed by atoms with van der Waals surface area (Å²) in [4.78, 5) is 8.41. The molecule has 0 bridgehead atoms. The van der Waals surface area contributed by atoms with E-state index in [0.717, 1.165) is 12.0 Å². The first-order valence-corrected chi connectivity index (χ1v) is 9.85. The van der Waals surface area contributed by atoms with E-state index in [4.69, 9.17) is 5.41 Å². The smallest absolute Gasteiger partial charge is 0.182 e. The minimum Gasteiger partial charge on any atom is -0.359 e. The molecule has 2 N–H and O–H groups in total. The Morgan fingerprint density at radius 1 is 1.23 bits per heavy atom. The maximum absolute atomic E-state index is 14.2. The first kappa shape index (κ1) is 21.4. The fourth-order valence-corrected chi connectivity index (χ4v) is 3.13. The van der Waals surface area contributed by atoms with Crippen molar-refractivity contribution in [3.63, 3.8) is 0 Å². The number of halogens is 2. The van der Waals surface area contributed by atoms with Crippen LogP contribution in [0.5, 0.6) is 0 Å². The Hall–Kier alpha value is -3.29. The maximum atomic E-state index is 14.2. The lowest BCUT2D eigenvalue weighted by molar-refractivity contribution is 0.510. The molecule has 6 nitrogen and oxygen atoms in total. The van der Waals surface area contributed by atoms with Crippen LogP contribution in [0.15, 0.2) is 55.9 Å². The van der Waals surface area contributed by atoms with Crippen molar-refractivity contribution < 1.29 is 8.78 Å². The van der Waals surface area contributed by atoms with Gasteiger partial charge in [0.2, 0.25) is 0 Å². The summed E-state index contributed by atoms with van der Waals surface area (Å²) in [5.41, 5.74) is 2.32. The molecule has 2 atom stereocenters. The molecule has 1 aliphatic carbocycles. The summed E-state index contributed by atoms with van der Waals surface area (Å²) in [6.07, 6.45) is 13.1. The second-order valence-corrected chi connectivity index (χ2v) is 6.99. The molecule has 0 amide bonds. The van der Waals surface area contributed by atoms with Crippen LogP contribution in [0.3, 0.4) is 0 Å². The zero-order valence-electron chi connectivity index (χ0n) is 16.7. The summed E-state index contributed by atoms with van der Waals surface area (Å²) in [6, 6.07) is 2.87. The summed E-state index contributed by atoms with van der Waals surface area (Å²) >= 11 is 0. The molecule has 2 unspecified atom stereocenters. The molecule has 0 saturated heterocycles. The van der Waals surface area contributed by atoms with E-state index in [1.807, 2.05) is 6.92 Å². The van der Waals surface area contributed by atoms with Crippen molar-refractivity contribution in [2.75, 3.05) is 11.9 Å². The molecule has 8 heteroatoms. The number of aliphatic imine (C=N–C) groups is 2. The minimum absolute atomic E-state index is 0.0384. The summed E-state index contributed by atoms with van der Waals surface area (Å²) in [5.74, 6) is -1.70. The van der Waals surface area contributed by atoms with Crippen molar-refractivity contribution in [2.45, 2.75) is 32.1 Å². The maximum Gasteiger partial charge on any atom is 0.182 e. The fraction of sp³-hybridized carbons (Fsp3) is 0.318. The van der Waals surface area contributed by atoms with Crippen LogP contribution in [-0.2, 0) is 0 Å². The molecule has 0 spiro atoms. The number of anilines is 1. The van der Waals surface area contributed by atoms with Crippen molar-refractivity contribution in [3.8, 4) is 0 Å². The number of allylic oxidation sites excluding steroid dienone is 2. The van der Waals surface area contributed by atoms with Gasteiger partial charge in [-0.2, -0.15) is 10.2 Å². The van der Waals surface area contributed by atoms with E-state index in [1.54, 1.807) is 37.1 Å². The highest BCUT2D eigenvalue weighted by molar-refractivity contribution is 6.16. The Kier molecular flexibility index (Phi) is 7.48. The van der Waals surface area contributed by atoms with Crippen molar-refractivity contribution in [1.82, 2.24) is 0 Å². The molecule has 2 aliphatic rings. The van der Waals surface area contributed by atoms with E-state index in [0.29, 0.717) is 30.5 Å². The van der Waals surface area contributed by atoms with Gasteiger partial charge in [0.15, 0.2) is 11.6 Å². The monoisotopic (exact) mass is 410 g/mol. The summed E-state index contributed by atoms with van der Waals surface area (Å²) in [5, 5.41) is 18.2. The van der Waals surface area contributed by atoms with Crippen molar-refractivity contribution in [3.05, 3.63) is 52.9 Å². The quantitative estimate of drug-likeness (QED) is 0.642. The average Bonchev–Trinajstić information content (AvgIpc) is 3.53. The number of rotatable bonds is 6. The second-order valence-electron chi connectivity index (χ2n) is 6.99. The molecule has 1 fully saturated rings. The van der Waals surface area contributed by atoms with Gasteiger partial charge < -0.3 is 10.7 Å². The molecule has 0 radical (unpaired) electrons. The number of nitrogens with zero attached hydrogens (tertiary/aromatic N) is 4. The van der Waals surface area contributed by atoms with Crippen LogP contribution in [0, 0.1) is 23.0 Å². The van der Waals surface area contributed by atoms with Gasteiger partial charge in [-0.25, -0.2) is 8.78 Å². The predicted molar refractivity (Wildman–Crippen MR) is 120 cm³/mol. The fourth-order valence-electron chi connectivity index (χ4n) is 3.13. The lowest BCUT2D eigenvalue weighted by Crippen LogP contribution is -2.00. The summed E-state index contributed by atoms with van der Waals surface area (Å²) in [7, 11) is 0. The Labute approximate surface area is 174 Å². The van der Waals surface area contributed by atoms with Gasteiger partial charge in [-0.3, -0.25) is 9.98 Å². The van der Waals surface area contributed by atoms with E-state index >= 15 is 0 Å². The minimum atomic E-state index is -0.933. The number of nitrogens with one attached hydrogen (secondary N) is 2. The van der Waals surface area contributed by atoms with E-state index in [-0.39, 0.29) is 17.5 Å². The Bertz CT molecular complexity index is 959. The van der Waals surface area contributed by atoms with E-state index in [1.165, 1.54) is 18.5 Å². The van der Waals surface area contributed by atoms with Gasteiger partial charge in [0.25, 0.3) is 0 Å². The molecule has 1 aromatic carbocycles. The van der Waals surface area contributed by atoms with Gasteiger partial charge in [0.05, 0.1) is 11.9 Å². The zero-order valence-corrected chi connectivity index (χ0v) is 16.7. The Morgan fingerprint density at radius 2 is 2.10 bits per heavy atom. The molecular weight excluding hydrogens is 386 g/mol. The number of hydrogen-bond donors (Lipinski definition) is 2. The number of hydrogen-bond acceptors (Lipinski definition) is 6. The van der Waals surface area contributed by atoms with Gasteiger partial charge >= 0.3 is 0 Å². The van der Waals surface area contributed by atoms with Gasteiger partial charge in [-0.15, -0.1) is 0 Å². The molecule has 3 rings (SSSR count). The van der Waals surface area contributed by atoms with Gasteiger partial charge in [0.1, 0.15) is 0 Å². The predicted octanol–water partition coefficient (Wildman–Crippen LogP) is 4.91. The van der Waals surface area contributed by atoms with Crippen LogP contribution >= 0.6 is 0 Å². The summed E-state index contributed by atoms with van der Waals surface area (Å²) < 4.78 is 28.4. The standard InChI is InChI=1S/C22H24F2N6/c1-2-15(11-25)12-28-21-9-16(8-20(23)22(21)24)18-10-19(18)17-13-27-7-6-26-4-3-5-29-30-14-17/h5-9,11-14,18-19,25,28H,2-4,10H2,1H3/b15-12-,17-13+,25-11?,26-6+,27-7+,29-5+,30-14-. The first-order chi connectivity index (χ1) is 14.6. The highest BCUT2D eigenvalue weighted by Crippen LogP contribution is 2.52. The van der Waals surface area contributed by atoms with E-state index < -0.39 is 11.6 Å². The van der Waals surface area contributed by atoms with E-state index in [2.05, 4.69) is 25.5 Å². The Morgan fingerprint density at radius 3 is 2.90 bits per heavy atom. The molecule has 1 aromatic rings. The molecule has 156 valence electrons. The molecule has 1 saturated carbocycles. The topological polar surface area (TPSA) is 85.3 Å². The van der Waals surface area contributed by atoms with Crippen LogP contribution in [-0.4, -0.2) is 37.6 Å². The SMILES string of the molecule is CC/C(C=N)=C/Nc1cc(C2CC2C2=C/N=C/C=N/CC/C=N/N=C\2)cc(F)c1F. The molecular formula is C22H24F2N6. The molecule has 30 heavy (non-hydrogen) atoms. The lowest BCUT2D eigenvalue weighted by atomic mass is 10.0. The van der Waals surface area contributed by atoms with Crippen LogP contribution in [0.1, 0.15) is 37.7 Å². The third-order valence-corrected chi connectivity index (χ3v) is 4.93. The zero-order chi connectivity index (χ0) is 21.3. The first-order valence-electron chi connectivity index (χ1n) is 9.85.